The fourth-order valence-corrected chi connectivity index (χ4v) is 5.18. The Kier molecular flexibility index (Phi) is 6.84. The van der Waals surface area contributed by atoms with Crippen molar-refractivity contribution in [3.05, 3.63) is 153 Å². The molecule has 0 atom stereocenters. The van der Waals surface area contributed by atoms with Crippen molar-refractivity contribution < 1.29 is 4.42 Å². The van der Waals surface area contributed by atoms with Gasteiger partial charge in [0, 0.05) is 16.8 Å². The average Bonchev–Trinajstić information content (AvgIpc) is 3.62. The zero-order chi connectivity index (χ0) is 28.3. The third kappa shape index (κ3) is 4.53. The van der Waals surface area contributed by atoms with Crippen molar-refractivity contribution in [2.45, 2.75) is 6.92 Å². The lowest BCUT2D eigenvalue weighted by Crippen LogP contribution is -2.19. The number of rotatable bonds is 9. The molecule has 0 bridgehead atoms. The number of allylic oxidation sites excluding steroid dienone is 5. The van der Waals surface area contributed by atoms with Crippen LogP contribution in [0.5, 0.6) is 0 Å². The van der Waals surface area contributed by atoms with Gasteiger partial charge in [-0.3, -0.25) is 4.57 Å². The third-order valence-electron chi connectivity index (χ3n) is 7.08. The van der Waals surface area contributed by atoms with Gasteiger partial charge >= 0.3 is 0 Å². The summed E-state index contributed by atoms with van der Waals surface area (Å²) in [5, 5.41) is 5.68. The van der Waals surface area contributed by atoms with E-state index in [1.54, 1.807) is 12.2 Å². The number of para-hydroxylation sites is 5. The van der Waals surface area contributed by atoms with E-state index >= 15 is 0 Å². The van der Waals surface area contributed by atoms with Crippen LogP contribution < -0.4 is 10.2 Å². The monoisotopic (exact) mass is 534 g/mol. The number of imidazole rings is 1. The topological polar surface area (TPSA) is 46.2 Å². The normalized spacial score (nSPS) is 11.9. The zero-order valence-electron chi connectivity index (χ0n) is 22.9. The highest BCUT2D eigenvalue weighted by Crippen LogP contribution is 2.42. The van der Waals surface area contributed by atoms with Crippen LogP contribution in [-0.4, -0.2) is 9.55 Å². The molecule has 0 saturated carbocycles. The molecule has 0 fully saturated rings. The molecule has 0 unspecified atom stereocenters. The van der Waals surface area contributed by atoms with Gasteiger partial charge in [-0.15, -0.1) is 0 Å². The number of furan rings is 1. The summed E-state index contributed by atoms with van der Waals surface area (Å²) in [6.07, 6.45) is 11.3. The predicted octanol–water partition coefficient (Wildman–Crippen LogP) is 9.82. The molecular formula is C36H30N4O. The van der Waals surface area contributed by atoms with Crippen LogP contribution in [0.15, 0.2) is 157 Å². The molecule has 2 heterocycles. The van der Waals surface area contributed by atoms with Gasteiger partial charge in [0.25, 0.3) is 0 Å². The first kappa shape index (κ1) is 25.7. The molecule has 2 aromatic heterocycles. The Morgan fingerprint density at radius 2 is 1.68 bits per heavy atom. The minimum Gasteiger partial charge on any atom is -0.454 e. The Balaban J connectivity index is 1.51. The van der Waals surface area contributed by atoms with Gasteiger partial charge in [0.05, 0.1) is 39.2 Å². The molecule has 0 aliphatic heterocycles. The summed E-state index contributed by atoms with van der Waals surface area (Å²) in [4.78, 5) is 6.61. The molecule has 4 aromatic carbocycles. The molecule has 41 heavy (non-hydrogen) atoms. The molecule has 200 valence electrons. The van der Waals surface area contributed by atoms with Crippen LogP contribution in [0.3, 0.4) is 0 Å². The second kappa shape index (κ2) is 10.9. The minimum atomic E-state index is 0.716. The summed E-state index contributed by atoms with van der Waals surface area (Å²) in [7, 11) is 0. The first-order valence-electron chi connectivity index (χ1n) is 13.4. The third-order valence-corrected chi connectivity index (χ3v) is 7.08. The largest absolute Gasteiger partial charge is 0.454 e. The first-order valence-corrected chi connectivity index (χ1v) is 13.4. The number of hydrogen-bond acceptors (Lipinski definition) is 4. The molecule has 1 N–H and O–H groups in total. The summed E-state index contributed by atoms with van der Waals surface area (Å²) in [5.41, 5.74) is 8.87. The van der Waals surface area contributed by atoms with Gasteiger partial charge in [-0.25, -0.2) is 4.98 Å². The van der Waals surface area contributed by atoms with Crippen LogP contribution in [0.2, 0.25) is 0 Å². The van der Waals surface area contributed by atoms with Crippen molar-refractivity contribution in [2.75, 3.05) is 10.2 Å². The van der Waals surface area contributed by atoms with E-state index in [-0.39, 0.29) is 0 Å². The Morgan fingerprint density at radius 1 is 0.902 bits per heavy atom. The highest BCUT2D eigenvalue weighted by Gasteiger charge is 2.20. The van der Waals surface area contributed by atoms with Crippen LogP contribution in [0.25, 0.3) is 38.7 Å². The van der Waals surface area contributed by atoms with E-state index in [0.29, 0.717) is 5.70 Å². The van der Waals surface area contributed by atoms with Crippen LogP contribution in [0.1, 0.15) is 6.92 Å². The lowest BCUT2D eigenvalue weighted by molar-refractivity contribution is 0.668. The summed E-state index contributed by atoms with van der Waals surface area (Å²) in [6.45, 7) is 14.2. The molecule has 0 radical (unpaired) electrons. The van der Waals surface area contributed by atoms with Crippen molar-refractivity contribution >= 4 is 50.0 Å². The lowest BCUT2D eigenvalue weighted by atomic mass is 10.1. The van der Waals surface area contributed by atoms with E-state index in [4.69, 9.17) is 4.42 Å². The van der Waals surface area contributed by atoms with E-state index in [1.165, 1.54) is 0 Å². The van der Waals surface area contributed by atoms with Gasteiger partial charge in [-0.1, -0.05) is 74.4 Å². The van der Waals surface area contributed by atoms with Crippen molar-refractivity contribution in [3.8, 4) is 5.69 Å². The fourth-order valence-electron chi connectivity index (χ4n) is 5.18. The summed E-state index contributed by atoms with van der Waals surface area (Å²) < 4.78 is 8.65. The van der Waals surface area contributed by atoms with Crippen LogP contribution >= 0.6 is 0 Å². The van der Waals surface area contributed by atoms with Gasteiger partial charge in [0.1, 0.15) is 11.9 Å². The maximum atomic E-state index is 6.55. The zero-order valence-corrected chi connectivity index (χ0v) is 22.9. The molecule has 0 amide bonds. The number of nitrogens with zero attached hydrogens (tertiary/aromatic N) is 3. The number of benzene rings is 4. The molecule has 0 aliphatic carbocycles. The summed E-state index contributed by atoms with van der Waals surface area (Å²) in [6, 6.07) is 28.6. The summed E-state index contributed by atoms with van der Waals surface area (Å²) in [5.74, 6) is 0. The van der Waals surface area contributed by atoms with Gasteiger partial charge in [-0.2, -0.15) is 0 Å². The molecule has 6 aromatic rings. The second-order valence-corrected chi connectivity index (χ2v) is 9.53. The molecule has 6 rings (SSSR count). The number of anilines is 3. The first-order chi connectivity index (χ1) is 20.1. The van der Waals surface area contributed by atoms with Crippen LogP contribution in [0, 0.1) is 0 Å². The van der Waals surface area contributed by atoms with Crippen molar-refractivity contribution in [1.29, 1.82) is 0 Å². The van der Waals surface area contributed by atoms with E-state index in [0.717, 1.165) is 61.4 Å². The maximum Gasteiger partial charge on any atom is 0.159 e. The standard InChI is InChI=1S/C36H30N4O/c1-5-8-15-26(7-3)40(25(4)6-2)33-22-13-16-27-35-30(19-14-23-34(35)41-36(27)33)38-29-18-10-12-21-32(29)39-24-37-28-17-9-11-20-31(28)39/h5-24,38H,2-4H2,1H3/b8-5-,26-15+. The van der Waals surface area contributed by atoms with Crippen LogP contribution in [0.4, 0.5) is 17.1 Å². The van der Waals surface area contributed by atoms with Crippen molar-refractivity contribution in [1.82, 2.24) is 9.55 Å². The second-order valence-electron chi connectivity index (χ2n) is 9.53. The van der Waals surface area contributed by atoms with Gasteiger partial charge < -0.3 is 14.6 Å². The smallest absolute Gasteiger partial charge is 0.159 e. The number of aromatic nitrogens is 2. The van der Waals surface area contributed by atoms with E-state index in [9.17, 15) is 0 Å². The number of fused-ring (bicyclic) bond motifs is 4. The molecule has 5 heteroatoms. The van der Waals surface area contributed by atoms with E-state index < -0.39 is 0 Å². The van der Waals surface area contributed by atoms with Gasteiger partial charge in [0.2, 0.25) is 0 Å². The minimum absolute atomic E-state index is 0.716. The quantitative estimate of drug-likeness (QED) is 0.188. The highest BCUT2D eigenvalue weighted by atomic mass is 16.3. The SMILES string of the molecule is C=CC(=C)N(/C(C=C)=C/C=C\C)c1cccc2c1oc1cccc(Nc3ccccc3-n3cnc4ccccc43)c12. The van der Waals surface area contributed by atoms with Crippen molar-refractivity contribution in [3.63, 3.8) is 0 Å². The molecule has 5 nitrogen and oxygen atoms in total. The molecular weight excluding hydrogens is 504 g/mol. The Bertz CT molecular complexity index is 2000. The molecule has 0 aliphatic rings. The maximum absolute atomic E-state index is 6.55. The average molecular weight is 535 g/mol. The highest BCUT2D eigenvalue weighted by molar-refractivity contribution is 6.15. The Labute approximate surface area is 239 Å². The number of hydrogen-bond donors (Lipinski definition) is 1. The number of nitrogens with one attached hydrogen (secondary N) is 1. The molecule has 0 saturated heterocycles. The molecule has 0 spiro atoms. The van der Waals surface area contributed by atoms with E-state index in [2.05, 4.69) is 64.9 Å². The Hall–Kier alpha value is -5.55. The fraction of sp³-hybridized carbons (Fsp3) is 0.0278. The van der Waals surface area contributed by atoms with Gasteiger partial charge in [-0.05, 0) is 67.6 Å². The van der Waals surface area contributed by atoms with Gasteiger partial charge in [0.15, 0.2) is 5.58 Å². The predicted molar refractivity (Wildman–Crippen MR) is 173 cm³/mol. The Morgan fingerprint density at radius 3 is 2.51 bits per heavy atom. The lowest BCUT2D eigenvalue weighted by Gasteiger charge is -2.26. The van der Waals surface area contributed by atoms with Crippen LogP contribution in [-0.2, 0) is 0 Å². The summed E-state index contributed by atoms with van der Waals surface area (Å²) >= 11 is 0. The van der Waals surface area contributed by atoms with Crippen molar-refractivity contribution in [2.24, 2.45) is 0 Å². The van der Waals surface area contributed by atoms with E-state index in [1.807, 2.05) is 91.0 Å².